The molecule has 4 rings (SSSR count). The van der Waals surface area contributed by atoms with Crippen LogP contribution >= 0.6 is 0 Å². The molecule has 1 amide bonds. The first-order valence-electron chi connectivity index (χ1n) is 10.5. The number of aryl methyl sites for hydroxylation is 1. The van der Waals surface area contributed by atoms with Crippen LogP contribution in [0, 0.1) is 12.7 Å². The van der Waals surface area contributed by atoms with Gasteiger partial charge in [-0.05, 0) is 44.5 Å². The molecule has 1 saturated heterocycles. The lowest BCUT2D eigenvalue weighted by molar-refractivity contribution is 0.0995. The molecule has 2 aromatic carbocycles. The highest BCUT2D eigenvalue weighted by molar-refractivity contribution is 6.07. The number of nitrogens with one attached hydrogen (secondary N) is 2. The quantitative estimate of drug-likeness (QED) is 0.562. The van der Waals surface area contributed by atoms with Gasteiger partial charge in [-0.15, -0.1) is 10.2 Å². The molecule has 0 aliphatic carbocycles. The van der Waals surface area contributed by atoms with Crippen molar-refractivity contribution in [1.29, 1.82) is 0 Å². The number of carbonyl (C=O) groups is 1. The van der Waals surface area contributed by atoms with Gasteiger partial charge in [0.15, 0.2) is 5.69 Å². The summed E-state index contributed by atoms with van der Waals surface area (Å²) in [6.07, 6.45) is 0. The number of carbonyl (C=O) groups excluding carboxylic acids is 1. The highest BCUT2D eigenvalue weighted by atomic mass is 19.1. The Morgan fingerprint density at radius 2 is 1.94 bits per heavy atom. The lowest BCUT2D eigenvalue weighted by atomic mass is 10.1. The van der Waals surface area contributed by atoms with Crippen LogP contribution in [0.15, 0.2) is 30.3 Å². The molecule has 1 aliphatic heterocycles. The number of nitrogens with zero attached hydrogens (tertiary/aromatic N) is 3. The van der Waals surface area contributed by atoms with Crippen LogP contribution in [0.2, 0.25) is 0 Å². The first-order valence-corrected chi connectivity index (χ1v) is 10.5. The average Bonchev–Trinajstić information content (AvgIpc) is 2.73. The number of aromatic nitrogens is 2. The predicted octanol–water partition coefficient (Wildman–Crippen LogP) is 3.12. The van der Waals surface area contributed by atoms with Crippen molar-refractivity contribution < 1.29 is 13.9 Å². The van der Waals surface area contributed by atoms with Crippen LogP contribution in [0.3, 0.4) is 0 Å². The first kappa shape index (κ1) is 21.8. The second-order valence-electron chi connectivity index (χ2n) is 8.31. The fraction of sp³-hybridized carbons (Fsp3) is 0.348. The summed E-state index contributed by atoms with van der Waals surface area (Å²) in [7, 11) is 1.60. The Kier molecular flexibility index (Phi) is 5.84. The third-order valence-corrected chi connectivity index (χ3v) is 5.58. The number of fused-ring (bicyclic) bond motifs is 1. The van der Waals surface area contributed by atoms with Crippen LogP contribution in [-0.2, 0) is 0 Å². The number of piperazine rings is 1. The Balaban J connectivity index is 1.90. The fourth-order valence-corrected chi connectivity index (χ4v) is 4.21. The molecule has 2 unspecified atom stereocenters. The Bertz CT molecular complexity index is 1170. The molecule has 1 aromatic heterocycles. The summed E-state index contributed by atoms with van der Waals surface area (Å²) in [6, 6.07) is 9.06. The normalized spacial score (nSPS) is 18.6. The Morgan fingerprint density at radius 3 is 2.56 bits per heavy atom. The number of hydrogen-bond donors (Lipinski definition) is 3. The van der Waals surface area contributed by atoms with Gasteiger partial charge in [-0.1, -0.05) is 6.07 Å². The summed E-state index contributed by atoms with van der Waals surface area (Å²) >= 11 is 0. The molecular formula is C23H27FN6O2. The molecule has 0 saturated carbocycles. The summed E-state index contributed by atoms with van der Waals surface area (Å²) in [5.41, 5.74) is 8.19. The molecule has 9 heteroatoms. The van der Waals surface area contributed by atoms with Gasteiger partial charge in [-0.3, -0.25) is 4.79 Å². The van der Waals surface area contributed by atoms with E-state index in [1.807, 2.05) is 6.07 Å². The zero-order chi connectivity index (χ0) is 23.0. The van der Waals surface area contributed by atoms with E-state index in [0.717, 1.165) is 24.3 Å². The lowest BCUT2D eigenvalue weighted by Crippen LogP contribution is -2.54. The molecule has 2 atom stereocenters. The van der Waals surface area contributed by atoms with Crippen molar-refractivity contribution >= 4 is 33.9 Å². The van der Waals surface area contributed by atoms with Crippen molar-refractivity contribution in [1.82, 2.24) is 15.5 Å². The number of halogens is 1. The van der Waals surface area contributed by atoms with Crippen LogP contribution in [0.5, 0.6) is 5.75 Å². The van der Waals surface area contributed by atoms with Crippen molar-refractivity contribution in [3.63, 3.8) is 0 Å². The number of hydrogen-bond acceptors (Lipinski definition) is 7. The van der Waals surface area contributed by atoms with Crippen LogP contribution in [0.25, 0.3) is 10.9 Å². The molecular weight excluding hydrogens is 411 g/mol. The van der Waals surface area contributed by atoms with Crippen LogP contribution < -0.4 is 26.0 Å². The van der Waals surface area contributed by atoms with Gasteiger partial charge >= 0.3 is 0 Å². The smallest absolute Gasteiger partial charge is 0.271 e. The van der Waals surface area contributed by atoms with Gasteiger partial charge in [0, 0.05) is 36.6 Å². The van der Waals surface area contributed by atoms with Crippen molar-refractivity contribution in [2.75, 3.05) is 30.4 Å². The van der Waals surface area contributed by atoms with Gasteiger partial charge in [0.1, 0.15) is 11.6 Å². The zero-order valence-corrected chi connectivity index (χ0v) is 18.6. The summed E-state index contributed by atoms with van der Waals surface area (Å²) < 4.78 is 20.2. The van der Waals surface area contributed by atoms with Gasteiger partial charge < -0.3 is 26.0 Å². The number of primary amides is 1. The predicted molar refractivity (Wildman–Crippen MR) is 123 cm³/mol. The van der Waals surface area contributed by atoms with Gasteiger partial charge in [0.25, 0.3) is 5.91 Å². The van der Waals surface area contributed by atoms with E-state index in [-0.39, 0.29) is 23.5 Å². The minimum Gasteiger partial charge on any atom is -0.495 e. The van der Waals surface area contributed by atoms with Gasteiger partial charge in [-0.2, -0.15) is 0 Å². The average molecular weight is 439 g/mol. The number of ether oxygens (including phenoxy) is 1. The number of anilines is 3. The van der Waals surface area contributed by atoms with Crippen LogP contribution in [0.1, 0.15) is 29.9 Å². The maximum absolute atomic E-state index is 14.6. The molecule has 3 aromatic rings. The van der Waals surface area contributed by atoms with E-state index in [4.69, 9.17) is 10.5 Å². The monoisotopic (exact) mass is 438 g/mol. The third kappa shape index (κ3) is 4.16. The van der Waals surface area contributed by atoms with Gasteiger partial charge in [0.2, 0.25) is 0 Å². The second-order valence-corrected chi connectivity index (χ2v) is 8.31. The number of nitrogens with two attached hydrogens (primary N) is 1. The SMILES string of the molecule is COc1cc2nnc(C(N)=O)c(Nc3ccc(C)cc3F)c2cc1N1CC(C)NC(C)C1. The fourth-order valence-electron chi connectivity index (χ4n) is 4.21. The largest absolute Gasteiger partial charge is 0.495 e. The van der Waals surface area contributed by atoms with Crippen LogP contribution in [-0.4, -0.2) is 48.4 Å². The van der Waals surface area contributed by atoms with E-state index in [1.54, 1.807) is 32.2 Å². The molecule has 168 valence electrons. The molecule has 8 nitrogen and oxygen atoms in total. The highest BCUT2D eigenvalue weighted by Crippen LogP contribution is 2.38. The van der Waals surface area contributed by atoms with E-state index in [0.29, 0.717) is 22.3 Å². The zero-order valence-electron chi connectivity index (χ0n) is 18.6. The molecule has 32 heavy (non-hydrogen) atoms. The minimum absolute atomic E-state index is 0.0596. The van der Waals surface area contributed by atoms with E-state index >= 15 is 0 Å². The molecule has 1 fully saturated rings. The summed E-state index contributed by atoms with van der Waals surface area (Å²) in [4.78, 5) is 14.4. The number of benzene rings is 2. The molecule has 0 radical (unpaired) electrons. The van der Waals surface area contributed by atoms with Crippen molar-refractivity contribution in [2.45, 2.75) is 32.9 Å². The van der Waals surface area contributed by atoms with Crippen molar-refractivity contribution in [3.05, 3.63) is 47.4 Å². The standard InChI is InChI=1S/C23H27FN6O2/c1-12-5-6-17(16(24)7-12)27-21-15-8-19(30-10-13(2)26-14(3)11-30)20(32-4)9-18(15)28-29-22(21)23(25)31/h5-9,13-14,26H,10-11H2,1-4H3,(H2,25,31)(H,27,28). The minimum atomic E-state index is -0.754. The summed E-state index contributed by atoms with van der Waals surface area (Å²) in [6.45, 7) is 7.62. The van der Waals surface area contributed by atoms with Crippen molar-refractivity contribution in [3.8, 4) is 5.75 Å². The first-order chi connectivity index (χ1) is 15.3. The van der Waals surface area contributed by atoms with Crippen molar-refractivity contribution in [2.24, 2.45) is 5.73 Å². The molecule has 0 spiro atoms. The van der Waals surface area contributed by atoms with Gasteiger partial charge in [0.05, 0.1) is 29.7 Å². The topological polar surface area (TPSA) is 105 Å². The second kappa shape index (κ2) is 8.58. The molecule has 2 heterocycles. The number of rotatable bonds is 5. The van der Waals surface area contributed by atoms with E-state index in [9.17, 15) is 9.18 Å². The van der Waals surface area contributed by atoms with E-state index in [2.05, 4.69) is 39.6 Å². The Labute approximate surface area is 185 Å². The Morgan fingerprint density at radius 1 is 1.22 bits per heavy atom. The highest BCUT2D eigenvalue weighted by Gasteiger charge is 2.25. The Hall–Kier alpha value is -3.46. The summed E-state index contributed by atoms with van der Waals surface area (Å²) in [5, 5.41) is 15.3. The van der Waals surface area contributed by atoms with Gasteiger partial charge in [-0.25, -0.2) is 4.39 Å². The maximum Gasteiger partial charge on any atom is 0.271 e. The third-order valence-electron chi connectivity index (χ3n) is 5.58. The van der Waals surface area contributed by atoms with E-state index in [1.165, 1.54) is 6.07 Å². The lowest BCUT2D eigenvalue weighted by Gasteiger charge is -2.38. The summed E-state index contributed by atoms with van der Waals surface area (Å²) in [5.74, 6) is -0.549. The number of amides is 1. The van der Waals surface area contributed by atoms with Crippen LogP contribution in [0.4, 0.5) is 21.5 Å². The molecule has 1 aliphatic rings. The number of methoxy groups -OCH3 is 1. The van der Waals surface area contributed by atoms with E-state index < -0.39 is 11.7 Å². The molecule has 4 N–H and O–H groups in total. The molecule has 0 bridgehead atoms. The maximum atomic E-state index is 14.6.